The zero-order chi connectivity index (χ0) is 7.56. The van der Waals surface area contributed by atoms with Crippen LogP contribution in [0, 0.1) is 0 Å². The molecule has 1 nitrogen and oxygen atoms in total. The monoisotopic (exact) mass is 206 g/mol. The molecule has 0 bridgehead atoms. The van der Waals surface area contributed by atoms with Crippen LogP contribution in [0.4, 0.5) is 4.39 Å². The molecular weight excluding hydrogens is 199 g/mol. The molecule has 1 aliphatic rings. The van der Waals surface area contributed by atoms with E-state index in [2.05, 4.69) is 15.9 Å². The normalized spacial score (nSPS) is 19.3. The van der Waals surface area contributed by atoms with Gasteiger partial charge in [-0.1, -0.05) is 15.9 Å². The highest BCUT2D eigenvalue weighted by molar-refractivity contribution is 9.11. The number of halogens is 2. The van der Waals surface area contributed by atoms with Crippen molar-refractivity contribution < 1.29 is 9.50 Å². The van der Waals surface area contributed by atoms with E-state index in [-0.39, 0.29) is 12.4 Å². The lowest BCUT2D eigenvalue weighted by atomic mass is 10.1. The Kier molecular flexibility index (Phi) is 2.63. The summed E-state index contributed by atoms with van der Waals surface area (Å²) >= 11 is 3.25. The van der Waals surface area contributed by atoms with Crippen molar-refractivity contribution in [2.75, 3.05) is 6.61 Å². The minimum absolute atomic E-state index is 0.0893. The van der Waals surface area contributed by atoms with E-state index < -0.39 is 0 Å². The molecule has 0 spiro atoms. The van der Waals surface area contributed by atoms with E-state index in [4.69, 9.17) is 5.11 Å². The van der Waals surface area contributed by atoms with Gasteiger partial charge in [0.2, 0.25) is 0 Å². The van der Waals surface area contributed by atoms with Gasteiger partial charge in [0.1, 0.15) is 5.83 Å². The summed E-state index contributed by atoms with van der Waals surface area (Å²) in [5.41, 5.74) is 0.656. The van der Waals surface area contributed by atoms with Crippen LogP contribution >= 0.6 is 15.9 Å². The van der Waals surface area contributed by atoms with Gasteiger partial charge in [0.15, 0.2) is 0 Å². The highest BCUT2D eigenvalue weighted by Crippen LogP contribution is 2.27. The second-order valence-corrected chi connectivity index (χ2v) is 3.14. The molecule has 1 aliphatic carbocycles. The topological polar surface area (TPSA) is 20.2 Å². The summed E-state index contributed by atoms with van der Waals surface area (Å²) in [5, 5.41) is 8.68. The molecule has 10 heavy (non-hydrogen) atoms. The molecule has 0 saturated carbocycles. The van der Waals surface area contributed by atoms with Crippen molar-refractivity contribution in [1.29, 1.82) is 0 Å². The van der Waals surface area contributed by atoms with Crippen molar-refractivity contribution >= 4 is 15.9 Å². The summed E-state index contributed by atoms with van der Waals surface area (Å²) in [6.07, 6.45) is 2.50. The molecule has 0 aromatic rings. The lowest BCUT2D eigenvalue weighted by molar-refractivity contribution is 0.332. The quantitative estimate of drug-likeness (QED) is 0.699. The molecule has 0 unspecified atom stereocenters. The molecule has 0 fully saturated rings. The van der Waals surface area contributed by atoms with Crippen molar-refractivity contribution in [3.63, 3.8) is 0 Å². The molecule has 0 aliphatic heterocycles. The zero-order valence-electron chi connectivity index (χ0n) is 5.40. The minimum Gasteiger partial charge on any atom is -0.392 e. The van der Waals surface area contributed by atoms with E-state index in [1.165, 1.54) is 6.08 Å². The summed E-state index contributed by atoms with van der Waals surface area (Å²) in [7, 11) is 0. The first-order chi connectivity index (χ1) is 4.74. The fourth-order valence-corrected chi connectivity index (χ4v) is 1.30. The van der Waals surface area contributed by atoms with Gasteiger partial charge >= 0.3 is 0 Å². The zero-order valence-corrected chi connectivity index (χ0v) is 6.99. The molecule has 56 valence electrons. The molecule has 1 N–H and O–H groups in total. The SMILES string of the molecule is OCC1=C(Br)CCC(F)=C1. The predicted molar refractivity (Wildman–Crippen MR) is 41.5 cm³/mol. The first-order valence-electron chi connectivity index (χ1n) is 3.08. The Hall–Kier alpha value is -0.150. The summed E-state index contributed by atoms with van der Waals surface area (Å²) in [6.45, 7) is -0.0893. The second kappa shape index (κ2) is 3.30. The largest absolute Gasteiger partial charge is 0.392 e. The molecule has 0 heterocycles. The van der Waals surface area contributed by atoms with Crippen molar-refractivity contribution in [2.45, 2.75) is 12.8 Å². The Balaban J connectivity index is 2.82. The van der Waals surface area contributed by atoms with Crippen LogP contribution < -0.4 is 0 Å². The fraction of sp³-hybridized carbons (Fsp3) is 0.429. The Bertz CT molecular complexity index is 196. The second-order valence-electron chi connectivity index (χ2n) is 2.18. The van der Waals surface area contributed by atoms with E-state index in [1.807, 2.05) is 0 Å². The van der Waals surface area contributed by atoms with Crippen molar-refractivity contribution in [2.24, 2.45) is 0 Å². The lowest BCUT2D eigenvalue weighted by Gasteiger charge is -2.09. The van der Waals surface area contributed by atoms with E-state index in [0.29, 0.717) is 18.4 Å². The third-order valence-electron chi connectivity index (χ3n) is 1.43. The maximum Gasteiger partial charge on any atom is 0.101 e. The minimum atomic E-state index is -0.146. The number of hydrogen-bond acceptors (Lipinski definition) is 1. The highest BCUT2D eigenvalue weighted by Gasteiger charge is 2.09. The maximum atomic E-state index is 12.5. The molecular formula is C7H8BrFO. The van der Waals surface area contributed by atoms with Crippen LogP contribution in [0.5, 0.6) is 0 Å². The summed E-state index contributed by atoms with van der Waals surface area (Å²) in [5.74, 6) is -0.146. The first kappa shape index (κ1) is 7.95. The van der Waals surface area contributed by atoms with Crippen LogP contribution in [0.2, 0.25) is 0 Å². The van der Waals surface area contributed by atoms with Gasteiger partial charge in [-0.05, 0) is 18.1 Å². The molecule has 0 aromatic heterocycles. The van der Waals surface area contributed by atoms with Gasteiger partial charge < -0.3 is 5.11 Å². The standard InChI is InChI=1S/C7H8BrFO/c8-7-2-1-6(9)3-5(7)4-10/h3,10H,1-2,4H2. The Labute approximate surface area is 67.4 Å². The molecule has 1 rings (SSSR count). The van der Waals surface area contributed by atoms with Gasteiger partial charge in [-0.3, -0.25) is 0 Å². The number of aliphatic hydroxyl groups excluding tert-OH is 1. The van der Waals surface area contributed by atoms with E-state index in [9.17, 15) is 4.39 Å². The first-order valence-corrected chi connectivity index (χ1v) is 3.88. The number of rotatable bonds is 1. The van der Waals surface area contributed by atoms with Gasteiger partial charge in [-0.2, -0.15) is 0 Å². The van der Waals surface area contributed by atoms with Crippen LogP contribution in [0.3, 0.4) is 0 Å². The third-order valence-corrected chi connectivity index (χ3v) is 2.34. The molecule has 0 amide bonds. The molecule has 0 atom stereocenters. The maximum absolute atomic E-state index is 12.5. The van der Waals surface area contributed by atoms with Gasteiger partial charge in [0, 0.05) is 10.9 Å². The Morgan fingerprint density at radius 2 is 2.30 bits per heavy atom. The predicted octanol–water partition coefficient (Wildman–Crippen LogP) is 2.27. The number of hydrogen-bond donors (Lipinski definition) is 1. The van der Waals surface area contributed by atoms with Crippen molar-refractivity contribution in [3.8, 4) is 0 Å². The number of allylic oxidation sites excluding steroid dienone is 2. The van der Waals surface area contributed by atoms with Crippen LogP contribution in [-0.4, -0.2) is 11.7 Å². The van der Waals surface area contributed by atoms with Crippen LogP contribution in [-0.2, 0) is 0 Å². The van der Waals surface area contributed by atoms with Crippen molar-refractivity contribution in [3.05, 3.63) is 22.0 Å². The molecule has 0 aromatic carbocycles. The van der Waals surface area contributed by atoms with Gasteiger partial charge in [0.25, 0.3) is 0 Å². The lowest BCUT2D eigenvalue weighted by Crippen LogP contribution is -1.96. The van der Waals surface area contributed by atoms with E-state index >= 15 is 0 Å². The van der Waals surface area contributed by atoms with Crippen molar-refractivity contribution in [1.82, 2.24) is 0 Å². The Morgan fingerprint density at radius 1 is 1.60 bits per heavy atom. The smallest absolute Gasteiger partial charge is 0.101 e. The average Bonchev–Trinajstić information content (AvgIpc) is 1.94. The molecule has 0 radical (unpaired) electrons. The third kappa shape index (κ3) is 1.67. The fourth-order valence-electron chi connectivity index (χ4n) is 0.861. The molecule has 3 heteroatoms. The van der Waals surface area contributed by atoms with Crippen LogP contribution in [0.1, 0.15) is 12.8 Å². The van der Waals surface area contributed by atoms with E-state index in [1.54, 1.807) is 0 Å². The molecule has 0 saturated heterocycles. The van der Waals surface area contributed by atoms with Gasteiger partial charge in [-0.15, -0.1) is 0 Å². The highest BCUT2D eigenvalue weighted by atomic mass is 79.9. The Morgan fingerprint density at radius 3 is 2.80 bits per heavy atom. The summed E-state index contributed by atoms with van der Waals surface area (Å²) < 4.78 is 13.4. The van der Waals surface area contributed by atoms with E-state index in [0.717, 1.165) is 4.48 Å². The van der Waals surface area contributed by atoms with Crippen LogP contribution in [0.15, 0.2) is 22.0 Å². The van der Waals surface area contributed by atoms with Gasteiger partial charge in [-0.25, -0.2) is 4.39 Å². The van der Waals surface area contributed by atoms with Gasteiger partial charge in [0.05, 0.1) is 6.61 Å². The number of aliphatic hydroxyl groups is 1. The van der Waals surface area contributed by atoms with Crippen LogP contribution in [0.25, 0.3) is 0 Å². The summed E-state index contributed by atoms with van der Waals surface area (Å²) in [6, 6.07) is 0. The summed E-state index contributed by atoms with van der Waals surface area (Å²) in [4.78, 5) is 0. The average molecular weight is 207 g/mol.